The van der Waals surface area contributed by atoms with Gasteiger partial charge in [-0.15, -0.1) is 11.3 Å². The van der Waals surface area contributed by atoms with Crippen LogP contribution in [0.3, 0.4) is 0 Å². The first-order valence-electron chi connectivity index (χ1n) is 9.77. The van der Waals surface area contributed by atoms with Gasteiger partial charge in [0.25, 0.3) is 0 Å². The van der Waals surface area contributed by atoms with Crippen LogP contribution in [0.1, 0.15) is 47.2 Å². The van der Waals surface area contributed by atoms with E-state index in [1.807, 2.05) is 54.6 Å². The van der Waals surface area contributed by atoms with Crippen LogP contribution in [0.25, 0.3) is 0 Å². The normalized spacial score (nSPS) is 19.9. The summed E-state index contributed by atoms with van der Waals surface area (Å²) in [6.45, 7) is 4.58. The van der Waals surface area contributed by atoms with Gasteiger partial charge in [-0.05, 0) is 43.5 Å². The molecule has 2 aliphatic heterocycles. The van der Waals surface area contributed by atoms with Crippen LogP contribution in [0.15, 0.2) is 59.0 Å². The highest BCUT2D eigenvalue weighted by Gasteiger charge is 2.42. The van der Waals surface area contributed by atoms with Gasteiger partial charge < -0.3 is 14.6 Å². The fraction of sp³-hybridized carbons (Fsp3) is 0.261. The number of fused-ring (bicyclic) bond motifs is 3. The van der Waals surface area contributed by atoms with E-state index in [1.54, 1.807) is 17.4 Å². The van der Waals surface area contributed by atoms with Crippen molar-refractivity contribution in [3.8, 4) is 17.2 Å². The van der Waals surface area contributed by atoms with Crippen molar-refractivity contribution in [2.75, 3.05) is 6.61 Å². The Bertz CT molecular complexity index is 1080. The number of thiophene rings is 1. The van der Waals surface area contributed by atoms with Crippen LogP contribution < -0.4 is 9.47 Å². The average molecular weight is 407 g/mol. The number of rotatable bonds is 4. The zero-order valence-corrected chi connectivity index (χ0v) is 17.1. The Morgan fingerprint density at radius 1 is 1.24 bits per heavy atom. The van der Waals surface area contributed by atoms with Crippen molar-refractivity contribution >= 4 is 17.0 Å². The van der Waals surface area contributed by atoms with Crippen LogP contribution in [0.5, 0.6) is 17.2 Å². The van der Waals surface area contributed by atoms with E-state index in [4.69, 9.17) is 14.6 Å². The van der Waals surface area contributed by atoms with Crippen molar-refractivity contribution in [1.29, 1.82) is 0 Å². The SMILES string of the molecule is CCOc1cccc2c1O[C@@H](c1cccs1)N1N=C(c3cc(C)ccc3O)C[C@H]21. The molecule has 0 spiro atoms. The van der Waals surface area contributed by atoms with E-state index in [1.165, 1.54) is 0 Å². The van der Waals surface area contributed by atoms with E-state index in [0.29, 0.717) is 13.0 Å². The second-order valence-corrected chi connectivity index (χ2v) is 8.24. The second-order valence-electron chi connectivity index (χ2n) is 7.26. The van der Waals surface area contributed by atoms with Crippen LogP contribution in [0.2, 0.25) is 0 Å². The van der Waals surface area contributed by atoms with Gasteiger partial charge in [-0.3, -0.25) is 0 Å². The van der Waals surface area contributed by atoms with Crippen molar-refractivity contribution < 1.29 is 14.6 Å². The fourth-order valence-corrected chi connectivity index (χ4v) is 4.76. The van der Waals surface area contributed by atoms with E-state index in [-0.39, 0.29) is 18.0 Å². The zero-order chi connectivity index (χ0) is 20.0. The maximum Gasteiger partial charge on any atom is 0.223 e. The van der Waals surface area contributed by atoms with Crippen LogP contribution in [-0.4, -0.2) is 22.4 Å². The molecule has 0 saturated heterocycles. The summed E-state index contributed by atoms with van der Waals surface area (Å²) in [5, 5.41) is 19.4. The lowest BCUT2D eigenvalue weighted by molar-refractivity contribution is -0.0188. The lowest BCUT2D eigenvalue weighted by Crippen LogP contribution is -2.33. The number of hydrogen-bond donors (Lipinski definition) is 1. The molecule has 0 bridgehead atoms. The van der Waals surface area contributed by atoms with Gasteiger partial charge in [-0.2, -0.15) is 5.10 Å². The van der Waals surface area contributed by atoms with E-state index in [9.17, 15) is 5.11 Å². The van der Waals surface area contributed by atoms with Crippen molar-refractivity contribution in [2.45, 2.75) is 32.5 Å². The molecule has 2 aliphatic rings. The number of ether oxygens (including phenoxy) is 2. The minimum atomic E-state index is -0.321. The molecule has 2 atom stereocenters. The highest BCUT2D eigenvalue weighted by molar-refractivity contribution is 7.10. The summed E-state index contributed by atoms with van der Waals surface area (Å²) in [7, 11) is 0. The molecule has 6 heteroatoms. The van der Waals surface area contributed by atoms with Crippen molar-refractivity contribution in [3.63, 3.8) is 0 Å². The minimum absolute atomic E-state index is 0.0289. The number of phenolic OH excluding ortho intramolecular Hbond substituents is 1. The average Bonchev–Trinajstić information content (AvgIpc) is 3.40. The molecule has 5 nitrogen and oxygen atoms in total. The number of phenols is 1. The Morgan fingerprint density at radius 2 is 2.14 bits per heavy atom. The van der Waals surface area contributed by atoms with Gasteiger partial charge in [0, 0.05) is 17.5 Å². The lowest BCUT2D eigenvalue weighted by Gasteiger charge is -2.38. The summed E-state index contributed by atoms with van der Waals surface area (Å²) in [6, 6.07) is 15.8. The Kier molecular flexibility index (Phi) is 4.43. The number of benzene rings is 2. The summed E-state index contributed by atoms with van der Waals surface area (Å²) in [6.07, 6.45) is 0.378. The molecule has 0 radical (unpaired) electrons. The summed E-state index contributed by atoms with van der Waals surface area (Å²) < 4.78 is 12.3. The maximum atomic E-state index is 10.4. The van der Waals surface area contributed by atoms with Gasteiger partial charge in [0.1, 0.15) is 5.75 Å². The molecule has 29 heavy (non-hydrogen) atoms. The summed E-state index contributed by atoms with van der Waals surface area (Å²) in [4.78, 5) is 1.09. The molecule has 0 unspecified atom stereocenters. The lowest BCUT2D eigenvalue weighted by atomic mass is 9.95. The van der Waals surface area contributed by atoms with Crippen molar-refractivity contribution in [3.05, 3.63) is 75.5 Å². The van der Waals surface area contributed by atoms with Crippen LogP contribution in [-0.2, 0) is 0 Å². The van der Waals surface area contributed by atoms with Crippen LogP contribution in [0, 0.1) is 6.92 Å². The van der Waals surface area contributed by atoms with Crippen molar-refractivity contribution in [1.82, 2.24) is 5.01 Å². The second kappa shape index (κ2) is 7.12. The number of hydrogen-bond acceptors (Lipinski definition) is 6. The first-order valence-corrected chi connectivity index (χ1v) is 10.6. The van der Waals surface area contributed by atoms with Gasteiger partial charge in [-0.1, -0.05) is 29.8 Å². The number of nitrogens with zero attached hydrogens (tertiary/aromatic N) is 2. The molecule has 0 saturated carbocycles. The first kappa shape index (κ1) is 18.1. The molecule has 148 valence electrons. The number of hydrazone groups is 1. The third-order valence-electron chi connectivity index (χ3n) is 5.33. The molecule has 5 rings (SSSR count). The van der Waals surface area contributed by atoms with Gasteiger partial charge in [0.2, 0.25) is 6.23 Å². The Hall–Kier alpha value is -2.99. The molecular weight excluding hydrogens is 384 g/mol. The quantitative estimate of drug-likeness (QED) is 0.630. The van der Waals surface area contributed by atoms with E-state index < -0.39 is 0 Å². The standard InChI is InChI=1S/C23H22N2O3S/c1-3-27-20-7-4-6-15-18-13-17(16-12-14(2)9-10-19(16)26)24-25(18)23(28-22(15)20)21-8-5-11-29-21/h4-12,18,23,26H,3,13H2,1-2H3/t18-,23+/m1/s1. The third-order valence-corrected chi connectivity index (χ3v) is 6.23. The summed E-state index contributed by atoms with van der Waals surface area (Å²) in [5.74, 6) is 1.81. The van der Waals surface area contributed by atoms with Gasteiger partial charge in [-0.25, -0.2) is 5.01 Å². The molecule has 0 aliphatic carbocycles. The maximum absolute atomic E-state index is 10.4. The molecule has 3 heterocycles. The topological polar surface area (TPSA) is 54.3 Å². The highest BCUT2D eigenvalue weighted by atomic mass is 32.1. The first-order chi connectivity index (χ1) is 14.2. The number of aryl methyl sites for hydroxylation is 1. The smallest absolute Gasteiger partial charge is 0.223 e. The van der Waals surface area contributed by atoms with Crippen molar-refractivity contribution in [2.24, 2.45) is 5.10 Å². The Labute approximate surface area is 173 Å². The van der Waals surface area contributed by atoms with Gasteiger partial charge in [0.15, 0.2) is 11.5 Å². The molecule has 2 aromatic carbocycles. The van der Waals surface area contributed by atoms with Gasteiger partial charge in [0.05, 0.1) is 23.2 Å². The molecule has 1 N–H and O–H groups in total. The summed E-state index contributed by atoms with van der Waals surface area (Å²) >= 11 is 1.65. The van der Waals surface area contributed by atoms with E-state index in [2.05, 4.69) is 12.1 Å². The van der Waals surface area contributed by atoms with E-state index in [0.717, 1.165) is 38.8 Å². The molecule has 0 fully saturated rings. The third kappa shape index (κ3) is 3.04. The fourth-order valence-electron chi connectivity index (χ4n) is 4.02. The Balaban J connectivity index is 1.62. The molecule has 1 aromatic heterocycles. The molecule has 0 amide bonds. The highest BCUT2D eigenvalue weighted by Crippen LogP contribution is 2.51. The van der Waals surface area contributed by atoms with Gasteiger partial charge >= 0.3 is 0 Å². The van der Waals surface area contributed by atoms with Crippen LogP contribution in [0.4, 0.5) is 0 Å². The van der Waals surface area contributed by atoms with Crippen LogP contribution >= 0.6 is 11.3 Å². The number of para-hydroxylation sites is 1. The Morgan fingerprint density at radius 3 is 2.93 bits per heavy atom. The molecular formula is C23H22N2O3S. The predicted molar refractivity (Wildman–Crippen MR) is 114 cm³/mol. The molecule has 3 aromatic rings. The van der Waals surface area contributed by atoms with E-state index >= 15 is 0 Å². The predicted octanol–water partition coefficient (Wildman–Crippen LogP) is 5.40. The largest absolute Gasteiger partial charge is 0.507 e. The monoisotopic (exact) mass is 406 g/mol. The zero-order valence-electron chi connectivity index (χ0n) is 16.3. The minimum Gasteiger partial charge on any atom is -0.507 e. The number of aromatic hydroxyl groups is 1. The summed E-state index contributed by atoms with van der Waals surface area (Å²) in [5.41, 5.74) is 3.81.